The van der Waals surface area contributed by atoms with Gasteiger partial charge in [0.1, 0.15) is 5.57 Å². The maximum absolute atomic E-state index is 13.0. The van der Waals surface area contributed by atoms with Gasteiger partial charge in [-0.25, -0.2) is 9.69 Å². The minimum absolute atomic E-state index is 0.00918. The van der Waals surface area contributed by atoms with Crippen molar-refractivity contribution in [1.82, 2.24) is 5.32 Å². The van der Waals surface area contributed by atoms with Gasteiger partial charge in [-0.3, -0.25) is 14.9 Å². The van der Waals surface area contributed by atoms with E-state index in [2.05, 4.69) is 5.32 Å². The summed E-state index contributed by atoms with van der Waals surface area (Å²) in [4.78, 5) is 38.5. The van der Waals surface area contributed by atoms with Crippen LogP contribution >= 0.6 is 23.2 Å². The molecule has 1 fully saturated rings. The third-order valence-corrected chi connectivity index (χ3v) is 4.94. The molecular weight excluding hydrogens is 419 g/mol. The van der Waals surface area contributed by atoms with Crippen molar-refractivity contribution in [2.75, 3.05) is 11.5 Å². The molecule has 0 aromatic heterocycles. The average molecular weight is 435 g/mol. The molecule has 0 aliphatic carbocycles. The Bertz CT molecular complexity index is 1070. The molecule has 1 aliphatic rings. The smallest absolute Gasteiger partial charge is 0.335 e. The number of urea groups is 1. The summed E-state index contributed by atoms with van der Waals surface area (Å²) in [6.07, 6.45) is 1.27. The molecule has 9 heteroatoms. The van der Waals surface area contributed by atoms with Crippen LogP contribution in [0.5, 0.6) is 11.5 Å². The van der Waals surface area contributed by atoms with E-state index in [9.17, 15) is 19.5 Å². The topological polar surface area (TPSA) is 95.9 Å². The summed E-state index contributed by atoms with van der Waals surface area (Å²) in [5.41, 5.74) is 0.829. The zero-order chi connectivity index (χ0) is 21.3. The Hall–Kier alpha value is -3.03. The molecule has 0 saturated carbocycles. The van der Waals surface area contributed by atoms with Crippen molar-refractivity contribution < 1.29 is 24.2 Å². The molecule has 1 saturated heterocycles. The lowest BCUT2D eigenvalue weighted by Gasteiger charge is -2.27. The standard InChI is InChI=1S/C20H16Cl2N2O5/c1-3-29-16-9-11(8-14(22)17(16)25)7-12-18(26)23-20(28)24(19(12)27)15-6-4-5-13(21)10(15)2/h4-9,25H,3H2,1-2H3,(H,23,26,28)/b12-7-. The van der Waals surface area contributed by atoms with Crippen LogP contribution in [0.1, 0.15) is 18.1 Å². The first kappa shape index (κ1) is 20.7. The van der Waals surface area contributed by atoms with Crippen molar-refractivity contribution in [1.29, 1.82) is 0 Å². The van der Waals surface area contributed by atoms with Crippen LogP contribution in [0.3, 0.4) is 0 Å². The van der Waals surface area contributed by atoms with Crippen LogP contribution in [0.15, 0.2) is 35.9 Å². The van der Waals surface area contributed by atoms with Gasteiger partial charge in [0.05, 0.1) is 17.3 Å². The highest BCUT2D eigenvalue weighted by Crippen LogP contribution is 2.36. The molecule has 0 bridgehead atoms. The van der Waals surface area contributed by atoms with Gasteiger partial charge in [-0.05, 0) is 55.3 Å². The number of rotatable bonds is 4. The van der Waals surface area contributed by atoms with Gasteiger partial charge >= 0.3 is 6.03 Å². The molecule has 0 atom stereocenters. The molecule has 1 aliphatic heterocycles. The molecule has 150 valence electrons. The molecule has 3 rings (SSSR count). The molecule has 2 aromatic carbocycles. The van der Waals surface area contributed by atoms with Crippen molar-refractivity contribution in [3.8, 4) is 11.5 Å². The SMILES string of the molecule is CCOc1cc(/C=C2/C(=O)NC(=O)N(c3cccc(Cl)c3C)C2=O)cc(Cl)c1O. The van der Waals surface area contributed by atoms with E-state index in [1.807, 2.05) is 0 Å². The number of ether oxygens (including phenoxy) is 1. The van der Waals surface area contributed by atoms with Gasteiger partial charge in [0.2, 0.25) is 0 Å². The van der Waals surface area contributed by atoms with Crippen LogP contribution in [-0.2, 0) is 9.59 Å². The Labute approximate surface area is 176 Å². The molecular formula is C20H16Cl2N2O5. The van der Waals surface area contributed by atoms with E-state index in [0.717, 1.165) is 4.90 Å². The van der Waals surface area contributed by atoms with Gasteiger partial charge in [-0.15, -0.1) is 0 Å². The Morgan fingerprint density at radius 3 is 2.59 bits per heavy atom. The molecule has 2 N–H and O–H groups in total. The van der Waals surface area contributed by atoms with Crippen LogP contribution in [0.25, 0.3) is 6.08 Å². The second-order valence-corrected chi connectivity index (χ2v) is 6.94. The number of amides is 4. The molecule has 0 spiro atoms. The summed E-state index contributed by atoms with van der Waals surface area (Å²) in [6.45, 7) is 3.67. The summed E-state index contributed by atoms with van der Waals surface area (Å²) < 4.78 is 5.31. The first-order valence-electron chi connectivity index (χ1n) is 8.56. The molecule has 7 nitrogen and oxygen atoms in total. The Balaban J connectivity index is 2.08. The first-order chi connectivity index (χ1) is 13.7. The third-order valence-electron chi connectivity index (χ3n) is 4.24. The van der Waals surface area contributed by atoms with Crippen molar-refractivity contribution in [2.24, 2.45) is 0 Å². The second kappa shape index (κ2) is 8.14. The fourth-order valence-corrected chi connectivity index (χ4v) is 3.21. The number of barbiturate groups is 1. The van der Waals surface area contributed by atoms with E-state index in [4.69, 9.17) is 27.9 Å². The minimum Gasteiger partial charge on any atom is -0.503 e. The van der Waals surface area contributed by atoms with Crippen LogP contribution < -0.4 is 15.0 Å². The molecule has 0 unspecified atom stereocenters. The normalized spacial score (nSPS) is 15.7. The van der Waals surface area contributed by atoms with Gasteiger partial charge in [0.25, 0.3) is 11.8 Å². The number of hydrogen-bond acceptors (Lipinski definition) is 5. The predicted molar refractivity (Wildman–Crippen MR) is 109 cm³/mol. The summed E-state index contributed by atoms with van der Waals surface area (Å²) in [5.74, 6) is -1.81. The highest BCUT2D eigenvalue weighted by atomic mass is 35.5. The number of phenolic OH excluding ortho intramolecular Hbond substituents is 1. The zero-order valence-corrected chi connectivity index (χ0v) is 17.0. The number of carbonyl (C=O) groups excluding carboxylic acids is 3. The van der Waals surface area contributed by atoms with E-state index in [0.29, 0.717) is 16.1 Å². The number of halogens is 2. The highest BCUT2D eigenvalue weighted by Gasteiger charge is 2.37. The van der Waals surface area contributed by atoms with E-state index in [-0.39, 0.29) is 34.4 Å². The van der Waals surface area contributed by atoms with Crippen molar-refractivity contribution in [3.05, 3.63) is 57.1 Å². The van der Waals surface area contributed by atoms with Crippen molar-refractivity contribution in [2.45, 2.75) is 13.8 Å². The Morgan fingerprint density at radius 1 is 1.17 bits per heavy atom. The summed E-state index contributed by atoms with van der Waals surface area (Å²) >= 11 is 12.1. The lowest BCUT2D eigenvalue weighted by atomic mass is 10.1. The van der Waals surface area contributed by atoms with E-state index in [1.54, 1.807) is 32.0 Å². The number of anilines is 1. The Kier molecular flexibility index (Phi) is 5.81. The minimum atomic E-state index is -0.874. The summed E-state index contributed by atoms with van der Waals surface area (Å²) in [7, 11) is 0. The van der Waals surface area contributed by atoms with Crippen molar-refractivity contribution >= 4 is 52.8 Å². The summed E-state index contributed by atoms with van der Waals surface area (Å²) in [6, 6.07) is 6.71. The number of nitrogens with one attached hydrogen (secondary N) is 1. The third kappa shape index (κ3) is 3.92. The van der Waals surface area contributed by atoms with E-state index < -0.39 is 17.8 Å². The largest absolute Gasteiger partial charge is 0.503 e. The monoisotopic (exact) mass is 434 g/mol. The summed E-state index contributed by atoms with van der Waals surface area (Å²) in [5, 5.41) is 12.5. The molecule has 0 radical (unpaired) electrons. The fourth-order valence-electron chi connectivity index (χ4n) is 2.82. The lowest BCUT2D eigenvalue weighted by molar-refractivity contribution is -0.122. The van der Waals surface area contributed by atoms with Gasteiger partial charge in [-0.1, -0.05) is 29.3 Å². The number of hydrogen-bond donors (Lipinski definition) is 2. The second-order valence-electron chi connectivity index (χ2n) is 6.12. The average Bonchev–Trinajstić information content (AvgIpc) is 2.66. The Morgan fingerprint density at radius 2 is 1.90 bits per heavy atom. The molecule has 4 amide bonds. The van der Waals surface area contributed by atoms with Crippen LogP contribution in [-0.4, -0.2) is 29.6 Å². The number of benzene rings is 2. The van der Waals surface area contributed by atoms with Crippen LogP contribution in [0, 0.1) is 6.92 Å². The number of nitrogens with zero attached hydrogens (tertiary/aromatic N) is 1. The number of carbonyl (C=O) groups is 3. The van der Waals surface area contributed by atoms with E-state index >= 15 is 0 Å². The maximum atomic E-state index is 13.0. The van der Waals surface area contributed by atoms with Gasteiger partial charge in [0.15, 0.2) is 11.5 Å². The lowest BCUT2D eigenvalue weighted by Crippen LogP contribution is -2.54. The fraction of sp³-hybridized carbons (Fsp3) is 0.150. The first-order valence-corrected chi connectivity index (χ1v) is 9.32. The predicted octanol–water partition coefficient (Wildman–Crippen LogP) is 4.07. The van der Waals surface area contributed by atoms with Gasteiger partial charge < -0.3 is 9.84 Å². The quantitative estimate of drug-likeness (QED) is 0.558. The number of phenols is 1. The number of aromatic hydroxyl groups is 1. The van der Waals surface area contributed by atoms with Crippen molar-refractivity contribution in [3.63, 3.8) is 0 Å². The molecule has 29 heavy (non-hydrogen) atoms. The van der Waals surface area contributed by atoms with E-state index in [1.165, 1.54) is 18.2 Å². The van der Waals surface area contributed by atoms with Crippen LogP contribution in [0.2, 0.25) is 10.0 Å². The molecule has 2 aromatic rings. The van der Waals surface area contributed by atoms with Gasteiger partial charge in [-0.2, -0.15) is 0 Å². The van der Waals surface area contributed by atoms with Crippen LogP contribution in [0.4, 0.5) is 10.5 Å². The maximum Gasteiger partial charge on any atom is 0.335 e. The zero-order valence-electron chi connectivity index (χ0n) is 15.5. The van der Waals surface area contributed by atoms with Gasteiger partial charge in [0, 0.05) is 5.02 Å². The molecule has 1 heterocycles. The highest BCUT2D eigenvalue weighted by molar-refractivity contribution is 6.40. The number of imide groups is 2.